The third-order valence-corrected chi connectivity index (χ3v) is 8.02. The first kappa shape index (κ1) is 24.3. The predicted octanol–water partition coefficient (Wildman–Crippen LogP) is 4.07. The number of anilines is 1. The molecule has 2 fully saturated rings. The number of likely N-dealkylation sites (tertiary alicyclic amines) is 1. The maximum Gasteiger partial charge on any atom is 0.218 e. The van der Waals surface area contributed by atoms with Gasteiger partial charge in [0.05, 0.1) is 17.9 Å². The average molecular weight is 516 g/mol. The number of piperidine rings is 1. The lowest BCUT2D eigenvalue weighted by atomic mass is 9.80. The molecule has 0 aliphatic carbocycles. The van der Waals surface area contributed by atoms with Crippen LogP contribution in [0.4, 0.5) is 5.82 Å². The van der Waals surface area contributed by atoms with Gasteiger partial charge in [0.2, 0.25) is 5.91 Å². The van der Waals surface area contributed by atoms with E-state index in [0.29, 0.717) is 28.3 Å². The second kappa shape index (κ2) is 9.91. The zero-order chi connectivity index (χ0) is 24.7. The van der Waals surface area contributed by atoms with Gasteiger partial charge in [0.25, 0.3) is 0 Å². The average Bonchev–Trinajstić information content (AvgIpc) is 3.12. The lowest BCUT2D eigenvalue weighted by molar-refractivity contribution is -0.118. The van der Waals surface area contributed by atoms with Crippen molar-refractivity contribution in [1.82, 2.24) is 24.6 Å². The second-order valence-electron chi connectivity index (χ2n) is 9.86. The normalized spacial score (nSPS) is 20.2. The Hall–Kier alpha value is -2.42. The highest BCUT2D eigenvalue weighted by Gasteiger charge is 2.36. The van der Waals surface area contributed by atoms with Gasteiger partial charge in [-0.25, -0.2) is 14.6 Å². The van der Waals surface area contributed by atoms with Crippen LogP contribution in [0.25, 0.3) is 11.2 Å². The highest BCUT2D eigenvalue weighted by atomic mass is 35.5. The highest BCUT2D eigenvalue weighted by Crippen LogP contribution is 2.35. The molecule has 2 unspecified atom stereocenters. The van der Waals surface area contributed by atoms with Gasteiger partial charge in [0, 0.05) is 42.6 Å². The van der Waals surface area contributed by atoms with Crippen molar-refractivity contribution in [3.8, 4) is 0 Å². The molecule has 8 nitrogen and oxygen atoms in total. The first-order valence-corrected chi connectivity index (χ1v) is 13.0. The number of hydrogen-bond donors (Lipinski definition) is 1. The Balaban J connectivity index is 1.30. The summed E-state index contributed by atoms with van der Waals surface area (Å²) in [6.07, 6.45) is 4.71. The van der Waals surface area contributed by atoms with Crippen molar-refractivity contribution < 1.29 is 4.79 Å². The van der Waals surface area contributed by atoms with E-state index in [1.807, 2.05) is 29.9 Å². The molecule has 0 spiro atoms. The van der Waals surface area contributed by atoms with Crippen LogP contribution < -0.4 is 10.6 Å². The summed E-state index contributed by atoms with van der Waals surface area (Å²) in [7, 11) is 0. The second-order valence-corrected chi connectivity index (χ2v) is 10.7. The molecule has 2 saturated heterocycles. The quantitative estimate of drug-likeness (QED) is 0.509. The van der Waals surface area contributed by atoms with Gasteiger partial charge >= 0.3 is 0 Å². The molecule has 0 bridgehead atoms. The molecule has 2 aliphatic heterocycles. The molecule has 1 aromatic carbocycles. The fourth-order valence-corrected chi connectivity index (χ4v) is 5.95. The standard InChI is InChI=1S/C25H31Cl2N7O/c1-15-24-25(34(31-15)16(2)20-6-5-19(26)10-21(20)27)30-23(11-29-24)33-13-18(14-33)17-4-3-8-32(12-17)9-7-22(28)35/h5-6,10-11,16-18H,3-4,7-9,12-14H2,1-2H3,(H2,28,35). The van der Waals surface area contributed by atoms with Gasteiger partial charge in [0.1, 0.15) is 11.3 Å². The molecule has 35 heavy (non-hydrogen) atoms. The van der Waals surface area contributed by atoms with Crippen molar-refractivity contribution in [3.63, 3.8) is 0 Å². The van der Waals surface area contributed by atoms with Gasteiger partial charge in [0.15, 0.2) is 5.65 Å². The topological polar surface area (TPSA) is 93.2 Å². The Morgan fingerprint density at radius 2 is 2.03 bits per heavy atom. The van der Waals surface area contributed by atoms with Crippen LogP contribution in [0.15, 0.2) is 24.4 Å². The monoisotopic (exact) mass is 515 g/mol. The number of rotatable bonds is 7. The predicted molar refractivity (Wildman–Crippen MR) is 139 cm³/mol. The molecule has 0 radical (unpaired) electrons. The number of hydrogen-bond acceptors (Lipinski definition) is 6. The molecule has 2 aromatic heterocycles. The minimum absolute atomic E-state index is 0.113. The molecule has 5 rings (SSSR count). The number of primary amides is 1. The van der Waals surface area contributed by atoms with E-state index in [1.165, 1.54) is 12.8 Å². The molecule has 1 amide bonds. The molecule has 3 aromatic rings. The molecule has 186 valence electrons. The van der Waals surface area contributed by atoms with Gasteiger partial charge in [-0.1, -0.05) is 29.3 Å². The van der Waals surface area contributed by atoms with Crippen molar-refractivity contribution in [1.29, 1.82) is 0 Å². The minimum Gasteiger partial charge on any atom is -0.370 e. The van der Waals surface area contributed by atoms with Gasteiger partial charge in [-0.05, 0) is 62.8 Å². The van der Waals surface area contributed by atoms with Gasteiger partial charge in [-0.15, -0.1) is 0 Å². The van der Waals surface area contributed by atoms with Crippen LogP contribution in [0.2, 0.25) is 10.0 Å². The van der Waals surface area contributed by atoms with Crippen LogP contribution in [0.3, 0.4) is 0 Å². The maximum atomic E-state index is 11.2. The van der Waals surface area contributed by atoms with E-state index in [2.05, 4.69) is 16.7 Å². The van der Waals surface area contributed by atoms with Crippen molar-refractivity contribution in [3.05, 3.63) is 45.7 Å². The number of nitrogens with zero attached hydrogens (tertiary/aromatic N) is 6. The molecule has 2 N–H and O–H groups in total. The summed E-state index contributed by atoms with van der Waals surface area (Å²) in [4.78, 5) is 25.5. The number of aromatic nitrogens is 4. The number of aryl methyl sites for hydroxylation is 1. The molecule has 10 heteroatoms. The van der Waals surface area contributed by atoms with E-state index in [9.17, 15) is 4.79 Å². The van der Waals surface area contributed by atoms with Crippen LogP contribution >= 0.6 is 23.2 Å². The summed E-state index contributed by atoms with van der Waals surface area (Å²) in [5.41, 5.74) is 8.69. The van der Waals surface area contributed by atoms with Crippen LogP contribution in [0.1, 0.15) is 43.5 Å². The molecule has 2 aliphatic rings. The Labute approximate surface area is 215 Å². The Morgan fingerprint density at radius 3 is 2.77 bits per heavy atom. The highest BCUT2D eigenvalue weighted by molar-refractivity contribution is 6.35. The zero-order valence-corrected chi connectivity index (χ0v) is 21.6. The minimum atomic E-state index is -0.224. The summed E-state index contributed by atoms with van der Waals surface area (Å²) >= 11 is 12.6. The van der Waals surface area contributed by atoms with Crippen molar-refractivity contribution in [2.75, 3.05) is 37.6 Å². The van der Waals surface area contributed by atoms with Gasteiger partial charge in [-0.2, -0.15) is 5.10 Å². The number of fused-ring (bicyclic) bond motifs is 1. The number of carbonyl (C=O) groups is 1. The maximum absolute atomic E-state index is 11.2. The Morgan fingerprint density at radius 1 is 1.23 bits per heavy atom. The van der Waals surface area contributed by atoms with Crippen molar-refractivity contribution >= 4 is 46.1 Å². The van der Waals surface area contributed by atoms with E-state index < -0.39 is 0 Å². The van der Waals surface area contributed by atoms with Crippen LogP contribution in [-0.2, 0) is 4.79 Å². The van der Waals surface area contributed by atoms with E-state index in [4.69, 9.17) is 44.0 Å². The van der Waals surface area contributed by atoms with E-state index in [-0.39, 0.29) is 11.9 Å². The molecule has 2 atom stereocenters. The lowest BCUT2D eigenvalue weighted by Crippen LogP contribution is -2.54. The first-order valence-electron chi connectivity index (χ1n) is 12.2. The summed E-state index contributed by atoms with van der Waals surface area (Å²) in [6.45, 7) is 8.82. The molecule has 4 heterocycles. The molecular formula is C25H31Cl2N7O. The fourth-order valence-electron chi connectivity index (χ4n) is 5.38. The van der Waals surface area contributed by atoms with E-state index in [0.717, 1.165) is 61.0 Å². The summed E-state index contributed by atoms with van der Waals surface area (Å²) in [6, 6.07) is 5.42. The number of halogens is 2. The smallest absolute Gasteiger partial charge is 0.218 e. The fraction of sp³-hybridized carbons (Fsp3) is 0.520. The summed E-state index contributed by atoms with van der Waals surface area (Å²) in [5.74, 6) is 1.93. The van der Waals surface area contributed by atoms with Crippen molar-refractivity contribution in [2.24, 2.45) is 17.6 Å². The van der Waals surface area contributed by atoms with Gasteiger partial charge < -0.3 is 15.5 Å². The lowest BCUT2D eigenvalue weighted by Gasteiger charge is -2.47. The third-order valence-electron chi connectivity index (χ3n) is 7.46. The number of carbonyl (C=O) groups excluding carboxylic acids is 1. The Kier molecular flexibility index (Phi) is 6.88. The van der Waals surface area contributed by atoms with Crippen LogP contribution in [0, 0.1) is 18.8 Å². The van der Waals surface area contributed by atoms with Crippen LogP contribution in [-0.4, -0.2) is 63.3 Å². The van der Waals surface area contributed by atoms with E-state index in [1.54, 1.807) is 6.07 Å². The van der Waals surface area contributed by atoms with Gasteiger partial charge in [-0.3, -0.25) is 4.79 Å². The van der Waals surface area contributed by atoms with E-state index >= 15 is 0 Å². The largest absolute Gasteiger partial charge is 0.370 e. The first-order chi connectivity index (χ1) is 16.8. The Bertz CT molecular complexity index is 1240. The molecule has 0 saturated carbocycles. The third kappa shape index (κ3) is 4.97. The SMILES string of the molecule is Cc1nn(C(C)c2ccc(Cl)cc2Cl)c2nc(N3CC(C4CCCN(CCC(N)=O)C4)C3)cnc12. The number of benzene rings is 1. The van der Waals surface area contributed by atoms with Crippen molar-refractivity contribution in [2.45, 2.75) is 39.2 Å². The summed E-state index contributed by atoms with van der Waals surface area (Å²) in [5, 5.41) is 5.96. The summed E-state index contributed by atoms with van der Waals surface area (Å²) < 4.78 is 1.91. The molecular weight excluding hydrogens is 485 g/mol. The number of nitrogens with two attached hydrogens (primary N) is 1. The van der Waals surface area contributed by atoms with Crippen LogP contribution in [0.5, 0.6) is 0 Å². The number of amides is 1. The zero-order valence-electron chi connectivity index (χ0n) is 20.1.